The van der Waals surface area contributed by atoms with E-state index in [0.717, 1.165) is 33.4 Å². The Balaban J connectivity index is 1.88. The summed E-state index contributed by atoms with van der Waals surface area (Å²) in [7, 11) is -3.74. The van der Waals surface area contributed by atoms with E-state index < -0.39 is 10.0 Å². The van der Waals surface area contributed by atoms with E-state index in [1.807, 2.05) is 58.9 Å². The van der Waals surface area contributed by atoms with Crippen molar-refractivity contribution < 1.29 is 8.42 Å². The van der Waals surface area contributed by atoms with E-state index in [1.54, 1.807) is 16.9 Å². The van der Waals surface area contributed by atoms with Crippen LogP contribution < -0.4 is 4.72 Å². The summed E-state index contributed by atoms with van der Waals surface area (Å²) in [6, 6.07) is 9.12. The number of halogens is 1. The van der Waals surface area contributed by atoms with Gasteiger partial charge in [-0.25, -0.2) is 8.42 Å². The molecule has 7 heteroatoms. The number of nitrogens with one attached hydrogen (secondary N) is 1. The third-order valence-corrected chi connectivity index (χ3v) is 7.22. The number of benzene rings is 2. The molecule has 0 radical (unpaired) electrons. The predicted octanol–water partition coefficient (Wildman–Crippen LogP) is 4.93. The van der Waals surface area contributed by atoms with Gasteiger partial charge in [0.15, 0.2) is 5.82 Å². The van der Waals surface area contributed by atoms with E-state index in [9.17, 15) is 8.42 Å². The van der Waals surface area contributed by atoms with Gasteiger partial charge < -0.3 is 0 Å². The highest BCUT2D eigenvalue weighted by Gasteiger charge is 2.24. The molecule has 0 unspecified atom stereocenters. The van der Waals surface area contributed by atoms with Crippen LogP contribution in [0.5, 0.6) is 0 Å². The van der Waals surface area contributed by atoms with Crippen LogP contribution in [0, 0.1) is 34.6 Å². The molecule has 2 aromatic carbocycles. The first kappa shape index (κ1) is 20.4. The van der Waals surface area contributed by atoms with Crippen molar-refractivity contribution >= 4 is 27.4 Å². The SMILES string of the molecule is Cc1c(C)c(C)c(S(=O)(=O)Nc2ccn(Cc3ccc(Cl)cc3)n2)c(C)c1C. The first-order valence-corrected chi connectivity index (χ1v) is 10.8. The van der Waals surface area contributed by atoms with Gasteiger partial charge in [-0.05, 0) is 80.1 Å². The Morgan fingerprint density at radius 2 is 1.43 bits per heavy atom. The van der Waals surface area contributed by atoms with Gasteiger partial charge in [0, 0.05) is 17.3 Å². The van der Waals surface area contributed by atoms with Crippen LogP contribution in [0.2, 0.25) is 5.02 Å². The van der Waals surface area contributed by atoms with Crippen molar-refractivity contribution in [2.24, 2.45) is 0 Å². The maximum Gasteiger partial charge on any atom is 0.263 e. The average Bonchev–Trinajstić information content (AvgIpc) is 3.06. The van der Waals surface area contributed by atoms with E-state index in [1.165, 1.54) is 0 Å². The minimum atomic E-state index is -3.74. The van der Waals surface area contributed by atoms with E-state index in [2.05, 4.69) is 9.82 Å². The van der Waals surface area contributed by atoms with Crippen molar-refractivity contribution in [3.63, 3.8) is 0 Å². The fourth-order valence-electron chi connectivity index (χ4n) is 3.34. The Hall–Kier alpha value is -2.31. The van der Waals surface area contributed by atoms with Crippen LogP contribution in [0.1, 0.15) is 33.4 Å². The van der Waals surface area contributed by atoms with Gasteiger partial charge in [-0.3, -0.25) is 9.40 Å². The van der Waals surface area contributed by atoms with Crippen LogP contribution in [-0.4, -0.2) is 18.2 Å². The average molecular weight is 418 g/mol. The standard InChI is InChI=1S/C21H24ClN3O2S/c1-13-14(2)16(4)21(17(5)15(13)3)28(26,27)24-20-10-11-25(23-20)12-18-6-8-19(22)9-7-18/h6-11H,12H2,1-5H3,(H,23,24). The van der Waals surface area contributed by atoms with Gasteiger partial charge in [-0.15, -0.1) is 0 Å². The summed E-state index contributed by atoms with van der Waals surface area (Å²) in [5.74, 6) is 0.295. The maximum atomic E-state index is 13.1. The van der Waals surface area contributed by atoms with Gasteiger partial charge in [0.2, 0.25) is 0 Å². The van der Waals surface area contributed by atoms with Crippen LogP contribution >= 0.6 is 11.6 Å². The van der Waals surface area contributed by atoms with Crippen molar-refractivity contribution in [1.82, 2.24) is 9.78 Å². The molecule has 5 nitrogen and oxygen atoms in total. The maximum absolute atomic E-state index is 13.1. The zero-order valence-corrected chi connectivity index (χ0v) is 18.2. The molecule has 0 aliphatic carbocycles. The fraction of sp³-hybridized carbons (Fsp3) is 0.286. The van der Waals surface area contributed by atoms with E-state index >= 15 is 0 Å². The molecule has 28 heavy (non-hydrogen) atoms. The molecule has 1 N–H and O–H groups in total. The second kappa shape index (κ2) is 7.60. The Morgan fingerprint density at radius 1 is 0.893 bits per heavy atom. The molecule has 0 bridgehead atoms. The molecule has 0 aliphatic rings. The summed E-state index contributed by atoms with van der Waals surface area (Å²) in [4.78, 5) is 0.334. The normalized spacial score (nSPS) is 11.6. The number of rotatable bonds is 5. The highest BCUT2D eigenvalue weighted by molar-refractivity contribution is 7.92. The molecular weight excluding hydrogens is 394 g/mol. The quantitative estimate of drug-likeness (QED) is 0.640. The molecule has 1 aromatic heterocycles. The lowest BCUT2D eigenvalue weighted by molar-refractivity contribution is 0.599. The molecule has 0 fully saturated rings. The minimum Gasteiger partial charge on any atom is -0.266 e. The van der Waals surface area contributed by atoms with Crippen LogP contribution in [0.25, 0.3) is 0 Å². The number of hydrogen-bond donors (Lipinski definition) is 1. The molecular formula is C21H24ClN3O2S. The van der Waals surface area contributed by atoms with Crippen LogP contribution in [-0.2, 0) is 16.6 Å². The fourth-order valence-corrected chi connectivity index (χ4v) is 5.06. The van der Waals surface area contributed by atoms with Crippen molar-refractivity contribution in [2.75, 3.05) is 4.72 Å². The Labute approximate surface area is 171 Å². The number of nitrogens with zero attached hydrogens (tertiary/aromatic N) is 2. The molecule has 0 saturated carbocycles. The monoisotopic (exact) mass is 417 g/mol. The smallest absolute Gasteiger partial charge is 0.263 e. The molecule has 148 valence electrons. The molecule has 1 heterocycles. The summed E-state index contributed by atoms with van der Waals surface area (Å²) in [5.41, 5.74) is 5.69. The molecule has 0 aliphatic heterocycles. The Morgan fingerprint density at radius 3 is 2.00 bits per heavy atom. The molecule has 3 aromatic rings. The topological polar surface area (TPSA) is 64.0 Å². The number of anilines is 1. The third-order valence-electron chi connectivity index (χ3n) is 5.34. The number of sulfonamides is 1. The largest absolute Gasteiger partial charge is 0.266 e. The van der Waals surface area contributed by atoms with Crippen LogP contribution in [0.15, 0.2) is 41.4 Å². The summed E-state index contributed by atoms with van der Waals surface area (Å²) in [5, 5.41) is 5.03. The van der Waals surface area contributed by atoms with E-state index in [-0.39, 0.29) is 0 Å². The first-order valence-electron chi connectivity index (χ1n) is 8.98. The molecule has 3 rings (SSSR count). The van der Waals surface area contributed by atoms with Gasteiger partial charge in [0.25, 0.3) is 10.0 Å². The summed E-state index contributed by atoms with van der Waals surface area (Å²) in [6.45, 7) is 10.2. The second-order valence-corrected chi connectivity index (χ2v) is 9.14. The van der Waals surface area contributed by atoms with Gasteiger partial charge in [-0.1, -0.05) is 23.7 Å². The van der Waals surface area contributed by atoms with Gasteiger partial charge in [0.1, 0.15) is 0 Å². The van der Waals surface area contributed by atoms with Crippen LogP contribution in [0.3, 0.4) is 0 Å². The molecule has 0 atom stereocenters. The lowest BCUT2D eigenvalue weighted by atomic mass is 9.95. The highest BCUT2D eigenvalue weighted by atomic mass is 35.5. The minimum absolute atomic E-state index is 0.295. The Kier molecular flexibility index (Phi) is 5.55. The highest BCUT2D eigenvalue weighted by Crippen LogP contribution is 2.30. The first-order chi connectivity index (χ1) is 13.1. The van der Waals surface area contributed by atoms with Gasteiger partial charge >= 0.3 is 0 Å². The predicted molar refractivity (Wildman–Crippen MR) is 114 cm³/mol. The third kappa shape index (κ3) is 3.93. The summed E-state index contributed by atoms with van der Waals surface area (Å²) < 4.78 is 30.5. The lowest BCUT2D eigenvalue weighted by Gasteiger charge is -2.18. The zero-order chi connectivity index (χ0) is 20.6. The van der Waals surface area contributed by atoms with E-state index in [0.29, 0.717) is 22.3 Å². The van der Waals surface area contributed by atoms with Crippen LogP contribution in [0.4, 0.5) is 5.82 Å². The van der Waals surface area contributed by atoms with Crippen molar-refractivity contribution in [3.8, 4) is 0 Å². The zero-order valence-electron chi connectivity index (χ0n) is 16.7. The van der Waals surface area contributed by atoms with Crippen molar-refractivity contribution in [1.29, 1.82) is 0 Å². The lowest BCUT2D eigenvalue weighted by Crippen LogP contribution is -2.18. The van der Waals surface area contributed by atoms with E-state index in [4.69, 9.17) is 11.6 Å². The van der Waals surface area contributed by atoms with Crippen molar-refractivity contribution in [3.05, 3.63) is 74.9 Å². The van der Waals surface area contributed by atoms with Crippen molar-refractivity contribution in [2.45, 2.75) is 46.1 Å². The second-order valence-electron chi connectivity index (χ2n) is 7.08. The molecule has 0 amide bonds. The molecule has 0 saturated heterocycles. The number of hydrogen-bond acceptors (Lipinski definition) is 3. The number of aromatic nitrogens is 2. The summed E-state index contributed by atoms with van der Waals surface area (Å²) in [6.07, 6.45) is 1.75. The Bertz CT molecular complexity index is 1100. The van der Waals surface area contributed by atoms with Gasteiger partial charge in [-0.2, -0.15) is 5.10 Å². The summed E-state index contributed by atoms with van der Waals surface area (Å²) >= 11 is 5.91. The van der Waals surface area contributed by atoms with Gasteiger partial charge in [0.05, 0.1) is 11.4 Å². The molecule has 0 spiro atoms.